The molecule has 0 bridgehead atoms. The van der Waals surface area contributed by atoms with Gasteiger partial charge in [-0.15, -0.1) is 0 Å². The maximum absolute atomic E-state index is 12.7. The number of carbonyl (C=O) groups is 1. The molecule has 0 aliphatic carbocycles. The normalized spacial score (nSPS) is 14.7. The number of hydrogen-bond donors (Lipinski definition) is 1. The first-order chi connectivity index (χ1) is 14.3. The number of carbonyl (C=O) groups excluding carboxylic acids is 1. The van der Waals surface area contributed by atoms with Gasteiger partial charge in [0.25, 0.3) is 0 Å². The molecule has 5 nitrogen and oxygen atoms in total. The van der Waals surface area contributed by atoms with Crippen LogP contribution in [0.25, 0.3) is 0 Å². The van der Waals surface area contributed by atoms with E-state index in [2.05, 4.69) is 25.7 Å². The van der Waals surface area contributed by atoms with Crippen molar-refractivity contribution < 1.29 is 14.7 Å². The third-order valence-electron chi connectivity index (χ3n) is 5.62. The molecule has 1 N–H and O–H groups in total. The summed E-state index contributed by atoms with van der Waals surface area (Å²) in [7, 11) is 3.97. The highest BCUT2D eigenvalue weighted by molar-refractivity contribution is 5.69. The number of benzene rings is 2. The van der Waals surface area contributed by atoms with E-state index >= 15 is 0 Å². The van der Waals surface area contributed by atoms with E-state index in [9.17, 15) is 10.0 Å². The van der Waals surface area contributed by atoms with Gasteiger partial charge in [-0.25, -0.2) is 0 Å². The molecule has 0 spiro atoms. The van der Waals surface area contributed by atoms with Crippen LogP contribution >= 0.6 is 0 Å². The van der Waals surface area contributed by atoms with E-state index in [0.717, 1.165) is 11.1 Å². The SMILES string of the molecule is CC(C)C(CCC(=O)O[C@@H](c1ccccc1)[C@@H](C)N(C)C)N(O)Cc1ccccc1. The molecule has 0 aliphatic heterocycles. The molecule has 3 atom stereocenters. The summed E-state index contributed by atoms with van der Waals surface area (Å²) in [5.74, 6) is -0.0338. The van der Waals surface area contributed by atoms with E-state index in [-0.39, 0.29) is 36.5 Å². The van der Waals surface area contributed by atoms with E-state index in [0.29, 0.717) is 13.0 Å². The summed E-state index contributed by atoms with van der Waals surface area (Å²) in [4.78, 5) is 14.8. The second-order valence-corrected chi connectivity index (χ2v) is 8.46. The van der Waals surface area contributed by atoms with Crippen LogP contribution in [0.1, 0.15) is 50.8 Å². The van der Waals surface area contributed by atoms with Gasteiger partial charge in [0, 0.05) is 25.0 Å². The Bertz CT molecular complexity index is 750. The first-order valence-electron chi connectivity index (χ1n) is 10.7. The Kier molecular flexibility index (Phi) is 9.50. The van der Waals surface area contributed by atoms with Crippen LogP contribution in [0.15, 0.2) is 60.7 Å². The van der Waals surface area contributed by atoms with E-state index in [1.54, 1.807) is 0 Å². The van der Waals surface area contributed by atoms with Crippen molar-refractivity contribution in [1.82, 2.24) is 9.96 Å². The van der Waals surface area contributed by atoms with E-state index in [1.165, 1.54) is 5.06 Å². The molecular weight excluding hydrogens is 376 g/mol. The van der Waals surface area contributed by atoms with Crippen molar-refractivity contribution in [2.45, 2.75) is 58.3 Å². The highest BCUT2D eigenvalue weighted by atomic mass is 16.5. The Morgan fingerprint density at radius 2 is 1.53 bits per heavy atom. The van der Waals surface area contributed by atoms with Gasteiger partial charge in [-0.05, 0) is 44.5 Å². The Morgan fingerprint density at radius 1 is 0.967 bits per heavy atom. The highest BCUT2D eigenvalue weighted by Crippen LogP contribution is 2.25. The molecule has 0 fully saturated rings. The minimum atomic E-state index is -0.333. The molecule has 0 saturated heterocycles. The zero-order valence-corrected chi connectivity index (χ0v) is 18.9. The fourth-order valence-corrected chi connectivity index (χ4v) is 3.54. The van der Waals surface area contributed by atoms with Gasteiger partial charge in [0.15, 0.2) is 0 Å². The van der Waals surface area contributed by atoms with Crippen molar-refractivity contribution in [3.63, 3.8) is 0 Å². The number of esters is 1. The zero-order chi connectivity index (χ0) is 22.1. The summed E-state index contributed by atoms with van der Waals surface area (Å²) in [6, 6.07) is 19.6. The summed E-state index contributed by atoms with van der Waals surface area (Å²) in [5.41, 5.74) is 2.03. The Labute approximate surface area is 181 Å². The average molecular weight is 413 g/mol. The molecule has 30 heavy (non-hydrogen) atoms. The van der Waals surface area contributed by atoms with Gasteiger partial charge < -0.3 is 14.8 Å². The first-order valence-corrected chi connectivity index (χ1v) is 10.7. The quantitative estimate of drug-likeness (QED) is 0.419. The standard InChI is InChI=1S/C25H36N2O3/c1-19(2)23(27(29)18-21-12-8-6-9-13-21)16-17-24(28)30-25(20(3)26(4)5)22-14-10-7-11-15-22/h6-15,19-20,23,25,29H,16-18H2,1-5H3/t20-,23?,25-/m1/s1. The monoisotopic (exact) mass is 412 g/mol. The lowest BCUT2D eigenvalue weighted by Gasteiger charge is -2.31. The molecule has 0 saturated carbocycles. The molecular formula is C25H36N2O3. The Morgan fingerprint density at radius 3 is 2.07 bits per heavy atom. The lowest BCUT2D eigenvalue weighted by Crippen LogP contribution is -2.37. The van der Waals surface area contributed by atoms with Crippen molar-refractivity contribution in [2.24, 2.45) is 5.92 Å². The molecule has 5 heteroatoms. The number of hydroxylamine groups is 2. The summed E-state index contributed by atoms with van der Waals surface area (Å²) < 4.78 is 5.91. The van der Waals surface area contributed by atoms with Crippen LogP contribution in [0.5, 0.6) is 0 Å². The zero-order valence-electron chi connectivity index (χ0n) is 18.9. The number of hydrogen-bond acceptors (Lipinski definition) is 5. The lowest BCUT2D eigenvalue weighted by atomic mass is 9.98. The van der Waals surface area contributed by atoms with Crippen LogP contribution in [0.3, 0.4) is 0 Å². The van der Waals surface area contributed by atoms with Gasteiger partial charge in [-0.2, -0.15) is 5.06 Å². The van der Waals surface area contributed by atoms with Gasteiger partial charge in [0.2, 0.25) is 0 Å². The molecule has 0 radical (unpaired) electrons. The smallest absolute Gasteiger partial charge is 0.306 e. The van der Waals surface area contributed by atoms with Gasteiger partial charge >= 0.3 is 5.97 Å². The summed E-state index contributed by atoms with van der Waals surface area (Å²) in [6.45, 7) is 6.61. The molecule has 1 unspecified atom stereocenters. The van der Waals surface area contributed by atoms with Crippen LogP contribution in [-0.2, 0) is 16.1 Å². The Balaban J connectivity index is 1.99. The topological polar surface area (TPSA) is 53.0 Å². The fourth-order valence-electron chi connectivity index (χ4n) is 3.54. The van der Waals surface area contributed by atoms with Crippen LogP contribution in [0.2, 0.25) is 0 Å². The first kappa shape index (κ1) is 24.1. The second-order valence-electron chi connectivity index (χ2n) is 8.46. The summed E-state index contributed by atoms with van der Waals surface area (Å²) in [6.07, 6.45) is 0.469. The van der Waals surface area contributed by atoms with E-state index < -0.39 is 0 Å². The van der Waals surface area contributed by atoms with Crippen molar-refractivity contribution in [1.29, 1.82) is 0 Å². The van der Waals surface area contributed by atoms with E-state index in [4.69, 9.17) is 4.74 Å². The van der Waals surface area contributed by atoms with Gasteiger partial charge in [0.1, 0.15) is 6.10 Å². The maximum Gasteiger partial charge on any atom is 0.306 e. The highest BCUT2D eigenvalue weighted by Gasteiger charge is 2.27. The molecule has 2 aromatic carbocycles. The van der Waals surface area contributed by atoms with Gasteiger partial charge in [-0.1, -0.05) is 74.5 Å². The number of nitrogens with zero attached hydrogens (tertiary/aromatic N) is 2. The minimum absolute atomic E-state index is 0.0460. The molecule has 2 rings (SSSR count). The molecule has 0 amide bonds. The summed E-state index contributed by atoms with van der Waals surface area (Å²) >= 11 is 0. The predicted molar refractivity (Wildman–Crippen MR) is 120 cm³/mol. The van der Waals surface area contributed by atoms with E-state index in [1.807, 2.05) is 74.8 Å². The number of ether oxygens (including phenoxy) is 1. The molecule has 2 aromatic rings. The summed E-state index contributed by atoms with van der Waals surface area (Å²) in [5, 5.41) is 12.0. The minimum Gasteiger partial charge on any atom is -0.456 e. The predicted octanol–water partition coefficient (Wildman–Crippen LogP) is 4.92. The number of likely N-dealkylation sites (N-methyl/N-ethyl adjacent to an activating group) is 1. The Hall–Kier alpha value is -2.21. The lowest BCUT2D eigenvalue weighted by molar-refractivity contribution is -0.160. The molecule has 164 valence electrons. The third kappa shape index (κ3) is 7.24. The van der Waals surface area contributed by atoms with Crippen molar-refractivity contribution in [2.75, 3.05) is 14.1 Å². The maximum atomic E-state index is 12.7. The average Bonchev–Trinajstić information content (AvgIpc) is 2.72. The molecule has 0 aromatic heterocycles. The second kappa shape index (κ2) is 11.8. The van der Waals surface area contributed by atoms with Gasteiger partial charge in [0.05, 0.1) is 0 Å². The van der Waals surface area contributed by atoms with Crippen LogP contribution in [0.4, 0.5) is 0 Å². The molecule has 0 aliphatic rings. The largest absolute Gasteiger partial charge is 0.456 e. The molecule has 0 heterocycles. The van der Waals surface area contributed by atoms with Gasteiger partial charge in [-0.3, -0.25) is 4.79 Å². The third-order valence-corrected chi connectivity index (χ3v) is 5.62. The number of rotatable bonds is 11. The van der Waals surface area contributed by atoms with Crippen LogP contribution in [0, 0.1) is 5.92 Å². The van der Waals surface area contributed by atoms with Crippen molar-refractivity contribution >= 4 is 5.97 Å². The van der Waals surface area contributed by atoms with Crippen LogP contribution < -0.4 is 0 Å². The van der Waals surface area contributed by atoms with Crippen LogP contribution in [-0.4, -0.2) is 47.3 Å². The fraction of sp³-hybridized carbons (Fsp3) is 0.480. The van der Waals surface area contributed by atoms with Crippen molar-refractivity contribution in [3.05, 3.63) is 71.8 Å². The van der Waals surface area contributed by atoms with Crippen molar-refractivity contribution in [3.8, 4) is 0 Å².